The first-order chi connectivity index (χ1) is 22.8. The number of hydrogen-bond donors (Lipinski definition) is 5. The molecule has 7 N–H and O–H groups in total. The Balaban J connectivity index is 1.57. The molecule has 2 aromatic rings. The van der Waals surface area contributed by atoms with Crippen molar-refractivity contribution < 1.29 is 34.1 Å². The summed E-state index contributed by atoms with van der Waals surface area (Å²) < 4.78 is 11.5. The molecular formula is C38H56N3O7. The quantitative estimate of drug-likeness (QED) is 0.107. The van der Waals surface area contributed by atoms with Crippen molar-refractivity contribution in [2.24, 2.45) is 41.1 Å². The maximum absolute atomic E-state index is 13.8. The highest BCUT2D eigenvalue weighted by Gasteiger charge is 2.41. The zero-order chi connectivity index (χ0) is 35.4. The second-order valence-corrected chi connectivity index (χ2v) is 13.7. The van der Waals surface area contributed by atoms with E-state index in [2.05, 4.69) is 5.32 Å². The number of nitrogens with two attached hydrogens (primary N) is 2. The molecule has 1 fully saturated rings. The van der Waals surface area contributed by atoms with Crippen LogP contribution in [0.1, 0.15) is 83.5 Å². The fourth-order valence-electron chi connectivity index (χ4n) is 6.55. The van der Waals surface area contributed by atoms with E-state index in [1.54, 1.807) is 38.1 Å². The number of ether oxygens (including phenoxy) is 2. The monoisotopic (exact) mass is 666 g/mol. The number of carbonyl (C=O) groups excluding carboxylic acids is 3. The molecule has 48 heavy (non-hydrogen) atoms. The first-order valence-electron chi connectivity index (χ1n) is 17.3. The maximum atomic E-state index is 13.8. The fourth-order valence-corrected chi connectivity index (χ4v) is 6.55. The Kier molecular flexibility index (Phi) is 15.5. The Labute approximate surface area is 286 Å². The van der Waals surface area contributed by atoms with Crippen LogP contribution in [0.15, 0.2) is 54.6 Å². The van der Waals surface area contributed by atoms with E-state index in [9.17, 15) is 24.6 Å². The molecule has 2 aromatic carbocycles. The number of para-hydroxylation sites is 2. The Hall–Kier alpha value is -3.31. The number of aliphatic hydroxyl groups is 2. The lowest BCUT2D eigenvalue weighted by Crippen LogP contribution is -2.53. The number of Topliss-reactive ketones (excluding diaryl/α,β-unsaturated/α-hetero) is 2. The average molecular weight is 667 g/mol. The van der Waals surface area contributed by atoms with Crippen LogP contribution in [0, 0.1) is 35.6 Å². The standard InChI is InChI=1S/C38H56N3O7/c1-23(2)32(37(45)36(44)30(39)22-27-14-8-6-9-15-27)34(42)25(4)24(3)33(40)38(46)41-26(5)35(43)29-18-12-13-19-31(29)48-21-20-47-28-16-10-7-11-17-28/h7,10-13,16-19,23-25,27,30,32-33,36-37,44-45H,6,8-9,14-15,20-22,39-40H2,1-5H3,(H,41,46)/t24-,25-,30+,32?,33-,36?,37?/m1/s1. The Morgan fingerprint density at radius 2 is 1.46 bits per heavy atom. The summed E-state index contributed by atoms with van der Waals surface area (Å²) in [6.07, 6.45) is 3.61. The Bertz CT molecular complexity index is 1300. The van der Waals surface area contributed by atoms with Crippen LogP contribution in [0.25, 0.3) is 0 Å². The van der Waals surface area contributed by atoms with Crippen LogP contribution in [-0.4, -0.2) is 65.2 Å². The van der Waals surface area contributed by atoms with E-state index in [1.807, 2.05) is 44.2 Å². The van der Waals surface area contributed by atoms with Crippen molar-refractivity contribution in [2.75, 3.05) is 13.2 Å². The van der Waals surface area contributed by atoms with Crippen molar-refractivity contribution in [1.82, 2.24) is 5.32 Å². The Morgan fingerprint density at radius 1 is 0.854 bits per heavy atom. The lowest BCUT2D eigenvalue weighted by atomic mass is 9.73. The van der Waals surface area contributed by atoms with E-state index >= 15 is 0 Å². The molecule has 7 atom stereocenters. The minimum atomic E-state index is -1.35. The van der Waals surface area contributed by atoms with Crippen molar-refractivity contribution in [3.05, 3.63) is 66.2 Å². The van der Waals surface area contributed by atoms with E-state index in [-0.39, 0.29) is 36.5 Å². The highest BCUT2D eigenvalue weighted by Crippen LogP contribution is 2.31. The fraction of sp³-hybridized carbons (Fsp3) is 0.579. The van der Waals surface area contributed by atoms with Crippen LogP contribution in [0.3, 0.4) is 0 Å². The van der Waals surface area contributed by atoms with Crippen molar-refractivity contribution in [2.45, 2.75) is 97.4 Å². The van der Waals surface area contributed by atoms with Crippen molar-refractivity contribution in [1.29, 1.82) is 0 Å². The summed E-state index contributed by atoms with van der Waals surface area (Å²) in [6.45, 7) is 8.97. The van der Waals surface area contributed by atoms with E-state index in [0.29, 0.717) is 23.8 Å². The Morgan fingerprint density at radius 3 is 2.10 bits per heavy atom. The molecule has 3 rings (SSSR count). The van der Waals surface area contributed by atoms with Crippen molar-refractivity contribution in [3.8, 4) is 11.5 Å². The summed E-state index contributed by atoms with van der Waals surface area (Å²) in [5.74, 6) is -2.42. The topological polar surface area (TPSA) is 174 Å². The molecule has 265 valence electrons. The third-order valence-electron chi connectivity index (χ3n) is 9.78. The third-order valence-corrected chi connectivity index (χ3v) is 9.78. The highest BCUT2D eigenvalue weighted by atomic mass is 16.5. The number of nitrogens with one attached hydrogen (secondary N) is 1. The van der Waals surface area contributed by atoms with Gasteiger partial charge in [-0.1, -0.05) is 90.1 Å². The van der Waals surface area contributed by atoms with Gasteiger partial charge in [-0.3, -0.25) is 14.4 Å². The van der Waals surface area contributed by atoms with Gasteiger partial charge in [0.15, 0.2) is 5.78 Å². The SMILES string of the molecule is C[C](NC(=O)[C@H](N)[C@H](C)[C@@H](C)C(=O)C(C(C)C)C(O)C(O)[C@@H](N)CC1CCCCC1)C(=O)c1ccccc1OCCOc1ccccc1. The van der Waals surface area contributed by atoms with E-state index in [1.165, 1.54) is 13.3 Å². The summed E-state index contributed by atoms with van der Waals surface area (Å²) in [6, 6.07) is 14.3. The number of rotatable bonds is 19. The molecule has 3 unspecified atom stereocenters. The van der Waals surface area contributed by atoms with Crippen LogP contribution in [0.5, 0.6) is 11.5 Å². The molecule has 1 radical (unpaired) electrons. The normalized spacial score (nSPS) is 18.3. The van der Waals surface area contributed by atoms with Gasteiger partial charge in [-0.15, -0.1) is 0 Å². The van der Waals surface area contributed by atoms with Crippen LogP contribution >= 0.6 is 0 Å². The van der Waals surface area contributed by atoms with Gasteiger partial charge in [-0.25, -0.2) is 0 Å². The predicted molar refractivity (Wildman–Crippen MR) is 186 cm³/mol. The van der Waals surface area contributed by atoms with Gasteiger partial charge in [0, 0.05) is 17.9 Å². The largest absolute Gasteiger partial charge is 0.490 e. The molecule has 0 spiro atoms. The van der Waals surface area contributed by atoms with Gasteiger partial charge in [0.2, 0.25) is 5.91 Å². The number of aliphatic hydroxyl groups excluding tert-OH is 2. The van der Waals surface area contributed by atoms with Gasteiger partial charge in [-0.05, 0) is 55.4 Å². The van der Waals surface area contributed by atoms with Crippen molar-refractivity contribution >= 4 is 17.5 Å². The van der Waals surface area contributed by atoms with Crippen LogP contribution in [0.2, 0.25) is 0 Å². The molecule has 1 amide bonds. The minimum Gasteiger partial charge on any atom is -0.490 e. The summed E-state index contributed by atoms with van der Waals surface area (Å²) in [7, 11) is 0. The smallest absolute Gasteiger partial charge is 0.238 e. The van der Waals surface area contributed by atoms with E-state index in [4.69, 9.17) is 20.9 Å². The lowest BCUT2D eigenvalue weighted by molar-refractivity contribution is -0.139. The molecule has 0 aromatic heterocycles. The highest BCUT2D eigenvalue weighted by molar-refractivity contribution is 6.09. The van der Waals surface area contributed by atoms with Crippen LogP contribution < -0.4 is 26.3 Å². The minimum absolute atomic E-state index is 0.0590. The summed E-state index contributed by atoms with van der Waals surface area (Å²) >= 11 is 0. The molecule has 1 aliphatic carbocycles. The van der Waals surface area contributed by atoms with Crippen LogP contribution in [0.4, 0.5) is 0 Å². The van der Waals surface area contributed by atoms with Gasteiger partial charge < -0.3 is 36.5 Å². The molecule has 0 aliphatic heterocycles. The number of benzene rings is 2. The van der Waals surface area contributed by atoms with E-state index in [0.717, 1.165) is 25.7 Å². The first-order valence-corrected chi connectivity index (χ1v) is 17.3. The van der Waals surface area contributed by atoms with Gasteiger partial charge in [0.05, 0.1) is 23.8 Å². The predicted octanol–water partition coefficient (Wildman–Crippen LogP) is 4.46. The molecule has 1 saturated carbocycles. The number of amides is 1. The van der Waals surface area contributed by atoms with E-state index < -0.39 is 53.7 Å². The number of ketones is 2. The van der Waals surface area contributed by atoms with Gasteiger partial charge in [0.1, 0.15) is 36.5 Å². The molecule has 10 heteroatoms. The second kappa shape index (κ2) is 19.0. The lowest BCUT2D eigenvalue weighted by Gasteiger charge is -2.36. The maximum Gasteiger partial charge on any atom is 0.238 e. The van der Waals surface area contributed by atoms with Gasteiger partial charge in [0.25, 0.3) is 0 Å². The zero-order valence-electron chi connectivity index (χ0n) is 29.1. The van der Waals surface area contributed by atoms with Crippen LogP contribution in [-0.2, 0) is 9.59 Å². The third kappa shape index (κ3) is 10.9. The molecule has 0 bridgehead atoms. The molecular weight excluding hydrogens is 610 g/mol. The molecule has 0 saturated heterocycles. The zero-order valence-corrected chi connectivity index (χ0v) is 29.1. The van der Waals surface area contributed by atoms with Crippen molar-refractivity contribution in [3.63, 3.8) is 0 Å². The summed E-state index contributed by atoms with van der Waals surface area (Å²) in [5.41, 5.74) is 13.0. The number of hydrogen-bond acceptors (Lipinski definition) is 9. The molecule has 10 nitrogen and oxygen atoms in total. The van der Waals surface area contributed by atoms with Gasteiger partial charge >= 0.3 is 0 Å². The average Bonchev–Trinajstić information content (AvgIpc) is 3.09. The second-order valence-electron chi connectivity index (χ2n) is 13.7. The summed E-state index contributed by atoms with van der Waals surface area (Å²) in [5, 5.41) is 24.8. The molecule has 0 heterocycles. The summed E-state index contributed by atoms with van der Waals surface area (Å²) in [4.78, 5) is 40.4. The van der Waals surface area contributed by atoms with Gasteiger partial charge in [-0.2, -0.15) is 0 Å². The molecule has 1 aliphatic rings. The number of carbonyl (C=O) groups is 3. The first kappa shape index (κ1) is 39.1.